The molecule has 2 aromatic heterocycles. The van der Waals surface area contributed by atoms with Gasteiger partial charge in [-0.1, -0.05) is 18.2 Å². The van der Waals surface area contributed by atoms with Gasteiger partial charge in [0.15, 0.2) is 5.69 Å². The van der Waals surface area contributed by atoms with Crippen molar-refractivity contribution >= 4 is 10.9 Å². The van der Waals surface area contributed by atoms with Gasteiger partial charge in [-0.15, -0.1) is 0 Å². The highest BCUT2D eigenvalue weighted by Crippen LogP contribution is 2.34. The molecule has 3 nitrogen and oxygen atoms in total. The first-order valence-electron chi connectivity index (χ1n) is 8.90. The van der Waals surface area contributed by atoms with Gasteiger partial charge in [0, 0.05) is 29.2 Å². The minimum atomic E-state index is -4.43. The molecule has 0 aliphatic heterocycles. The highest BCUT2D eigenvalue weighted by atomic mass is 19.4. The van der Waals surface area contributed by atoms with Crippen LogP contribution in [0, 0.1) is 0 Å². The van der Waals surface area contributed by atoms with Crippen LogP contribution in [0.1, 0.15) is 37.9 Å². The average Bonchev–Trinajstić information content (AvgIpc) is 3.25. The molecule has 0 amide bonds. The summed E-state index contributed by atoms with van der Waals surface area (Å²) in [5, 5.41) is 4.74. The Kier molecular flexibility index (Phi) is 4.13. The summed E-state index contributed by atoms with van der Waals surface area (Å²) in [6.07, 6.45) is 5.49. The van der Waals surface area contributed by atoms with E-state index in [9.17, 15) is 13.2 Å². The second-order valence-corrected chi connectivity index (χ2v) is 6.65. The van der Waals surface area contributed by atoms with E-state index < -0.39 is 11.9 Å². The highest BCUT2D eigenvalue weighted by molar-refractivity contribution is 5.85. The van der Waals surface area contributed by atoms with Crippen LogP contribution in [0.3, 0.4) is 0 Å². The van der Waals surface area contributed by atoms with E-state index in [0.717, 1.165) is 35.4 Å². The molecule has 6 heteroatoms. The lowest BCUT2D eigenvalue weighted by atomic mass is 10.0. The summed E-state index contributed by atoms with van der Waals surface area (Å²) in [6, 6.07) is 9.33. The van der Waals surface area contributed by atoms with Gasteiger partial charge in [0.1, 0.15) is 0 Å². The zero-order chi connectivity index (χ0) is 18.3. The molecule has 1 atom stereocenters. The molecule has 0 N–H and O–H groups in total. The summed E-state index contributed by atoms with van der Waals surface area (Å²) >= 11 is 0. The number of hydrogen-bond donors (Lipinski definition) is 0. The Balaban J connectivity index is 1.76. The minimum Gasteiger partial charge on any atom is -0.341 e. The van der Waals surface area contributed by atoms with Crippen LogP contribution in [0.2, 0.25) is 0 Å². The maximum Gasteiger partial charge on any atom is 0.435 e. The molecular weight excluding hydrogens is 339 g/mol. The molecule has 1 unspecified atom stereocenters. The Bertz CT molecular complexity index is 962. The fourth-order valence-electron chi connectivity index (χ4n) is 3.67. The number of nitrogens with zero attached hydrogens (tertiary/aromatic N) is 3. The van der Waals surface area contributed by atoms with E-state index in [2.05, 4.69) is 28.0 Å². The van der Waals surface area contributed by atoms with E-state index in [1.54, 1.807) is 6.92 Å². The number of halogens is 3. The lowest BCUT2D eigenvalue weighted by molar-refractivity contribution is -0.141. The number of hydrogen-bond acceptors (Lipinski definition) is 1. The smallest absolute Gasteiger partial charge is 0.341 e. The van der Waals surface area contributed by atoms with Gasteiger partial charge >= 0.3 is 6.18 Å². The van der Waals surface area contributed by atoms with Crippen molar-refractivity contribution in [1.82, 2.24) is 14.3 Å². The van der Waals surface area contributed by atoms with E-state index >= 15 is 0 Å². The molecule has 0 spiro atoms. The number of aryl methyl sites for hydroxylation is 1. The van der Waals surface area contributed by atoms with Crippen LogP contribution in [0.5, 0.6) is 0 Å². The third-order valence-electron chi connectivity index (χ3n) is 4.97. The molecule has 1 aliphatic rings. The third kappa shape index (κ3) is 2.93. The second kappa shape index (κ2) is 6.34. The molecule has 4 rings (SSSR count). The van der Waals surface area contributed by atoms with E-state index in [4.69, 9.17) is 0 Å². The number of alkyl halides is 3. The standard InChI is InChI=1S/C20H20F3N3/c1-2-26-18(13-19(24-26)20(21,22)23)14-8-9-17-15(12-14)10-11-25(17)16-6-4-3-5-7-16/h4,6,8-13,16H,2-3,5,7H2,1H3. The van der Waals surface area contributed by atoms with Crippen molar-refractivity contribution in [3.8, 4) is 11.3 Å². The first-order valence-corrected chi connectivity index (χ1v) is 8.90. The summed E-state index contributed by atoms with van der Waals surface area (Å²) in [4.78, 5) is 0. The molecule has 0 saturated carbocycles. The molecule has 2 heterocycles. The fourth-order valence-corrected chi connectivity index (χ4v) is 3.67. The molecule has 136 valence electrons. The van der Waals surface area contributed by atoms with Crippen molar-refractivity contribution < 1.29 is 13.2 Å². The van der Waals surface area contributed by atoms with Gasteiger partial charge in [-0.05, 0) is 50.5 Å². The van der Waals surface area contributed by atoms with E-state index in [0.29, 0.717) is 18.3 Å². The second-order valence-electron chi connectivity index (χ2n) is 6.65. The molecular formula is C20H20F3N3. The summed E-state index contributed by atoms with van der Waals surface area (Å²) in [5.41, 5.74) is 1.49. The number of benzene rings is 1. The summed E-state index contributed by atoms with van der Waals surface area (Å²) in [6.45, 7) is 2.18. The van der Waals surface area contributed by atoms with Crippen molar-refractivity contribution in [3.63, 3.8) is 0 Å². The summed E-state index contributed by atoms with van der Waals surface area (Å²) < 4.78 is 42.7. The first kappa shape index (κ1) is 16.9. The Morgan fingerprint density at radius 1 is 1.19 bits per heavy atom. The molecule has 26 heavy (non-hydrogen) atoms. The first-order chi connectivity index (χ1) is 12.5. The van der Waals surface area contributed by atoms with Gasteiger partial charge in [0.25, 0.3) is 0 Å². The van der Waals surface area contributed by atoms with Crippen molar-refractivity contribution in [3.05, 3.63) is 54.4 Å². The van der Waals surface area contributed by atoms with Gasteiger partial charge in [0.05, 0.1) is 11.7 Å². The maximum atomic E-state index is 13.0. The summed E-state index contributed by atoms with van der Waals surface area (Å²) in [5.74, 6) is 0. The van der Waals surface area contributed by atoms with Crippen LogP contribution in [0.25, 0.3) is 22.2 Å². The molecule has 0 bridgehead atoms. The van der Waals surface area contributed by atoms with E-state index in [-0.39, 0.29) is 0 Å². The largest absolute Gasteiger partial charge is 0.435 e. The van der Waals surface area contributed by atoms with Crippen LogP contribution in [0.4, 0.5) is 13.2 Å². The van der Waals surface area contributed by atoms with Crippen LogP contribution >= 0.6 is 0 Å². The number of aromatic nitrogens is 3. The van der Waals surface area contributed by atoms with Crippen molar-refractivity contribution in [2.75, 3.05) is 0 Å². The Morgan fingerprint density at radius 3 is 2.73 bits per heavy atom. The Labute approximate surface area is 149 Å². The van der Waals surface area contributed by atoms with Crippen molar-refractivity contribution in [1.29, 1.82) is 0 Å². The number of rotatable bonds is 3. The van der Waals surface area contributed by atoms with Gasteiger partial charge < -0.3 is 4.57 Å². The van der Waals surface area contributed by atoms with E-state index in [1.807, 2.05) is 24.3 Å². The fraction of sp³-hybridized carbons (Fsp3) is 0.350. The average molecular weight is 359 g/mol. The van der Waals surface area contributed by atoms with Crippen molar-refractivity contribution in [2.24, 2.45) is 0 Å². The van der Waals surface area contributed by atoms with Crippen LogP contribution in [-0.2, 0) is 12.7 Å². The molecule has 1 aromatic carbocycles. The zero-order valence-corrected chi connectivity index (χ0v) is 14.5. The summed E-state index contributed by atoms with van der Waals surface area (Å²) in [7, 11) is 0. The van der Waals surface area contributed by atoms with Crippen LogP contribution < -0.4 is 0 Å². The van der Waals surface area contributed by atoms with Gasteiger partial charge in [-0.3, -0.25) is 4.68 Å². The highest BCUT2D eigenvalue weighted by Gasteiger charge is 2.35. The number of fused-ring (bicyclic) bond motifs is 1. The van der Waals surface area contributed by atoms with Gasteiger partial charge in [0.2, 0.25) is 0 Å². The van der Waals surface area contributed by atoms with Gasteiger partial charge in [-0.2, -0.15) is 18.3 Å². The lowest BCUT2D eigenvalue weighted by Crippen LogP contribution is -2.07. The number of allylic oxidation sites excluding steroid dienone is 2. The zero-order valence-electron chi connectivity index (χ0n) is 14.5. The monoisotopic (exact) mass is 359 g/mol. The molecule has 3 aromatic rings. The normalized spacial score (nSPS) is 17.9. The third-order valence-corrected chi connectivity index (χ3v) is 4.97. The Hall–Kier alpha value is -2.50. The quantitative estimate of drug-likeness (QED) is 0.540. The molecule has 0 radical (unpaired) electrons. The Morgan fingerprint density at radius 2 is 2.04 bits per heavy atom. The lowest BCUT2D eigenvalue weighted by Gasteiger charge is -2.19. The van der Waals surface area contributed by atoms with Crippen molar-refractivity contribution in [2.45, 2.75) is 44.9 Å². The predicted molar refractivity (Wildman–Crippen MR) is 95.9 cm³/mol. The SMILES string of the molecule is CCn1nc(C(F)(F)F)cc1-c1ccc2c(ccn2C2C=CCCC2)c1. The topological polar surface area (TPSA) is 22.8 Å². The molecule has 0 saturated heterocycles. The van der Waals surface area contributed by atoms with Crippen LogP contribution in [0.15, 0.2) is 48.7 Å². The molecule has 0 fully saturated rings. The van der Waals surface area contributed by atoms with Gasteiger partial charge in [-0.25, -0.2) is 0 Å². The predicted octanol–water partition coefficient (Wildman–Crippen LogP) is 5.82. The van der Waals surface area contributed by atoms with Crippen LogP contribution in [-0.4, -0.2) is 14.3 Å². The molecule has 1 aliphatic carbocycles. The minimum absolute atomic E-state index is 0.352. The maximum absolute atomic E-state index is 13.0. The van der Waals surface area contributed by atoms with E-state index in [1.165, 1.54) is 11.1 Å².